The van der Waals surface area contributed by atoms with Gasteiger partial charge in [-0.1, -0.05) is 6.07 Å². The molecule has 130 valence electrons. The summed E-state index contributed by atoms with van der Waals surface area (Å²) in [4.78, 5) is 14.3. The molecular weight excluding hydrogens is 326 g/mol. The van der Waals surface area contributed by atoms with Crippen molar-refractivity contribution in [2.24, 2.45) is 0 Å². The van der Waals surface area contributed by atoms with Gasteiger partial charge in [0.05, 0.1) is 25.9 Å². The quantitative estimate of drug-likeness (QED) is 0.806. The predicted molar refractivity (Wildman–Crippen MR) is 97.3 cm³/mol. The molecule has 2 amide bonds. The summed E-state index contributed by atoms with van der Waals surface area (Å²) in [7, 11) is 7.09. The molecule has 1 aromatic heterocycles. The number of benzene rings is 1. The van der Waals surface area contributed by atoms with Crippen LogP contribution >= 0.6 is 11.3 Å². The van der Waals surface area contributed by atoms with E-state index in [-0.39, 0.29) is 12.1 Å². The number of carbonyl (C=O) groups excluding carboxylic acids is 1. The van der Waals surface area contributed by atoms with Crippen LogP contribution in [0.4, 0.5) is 10.5 Å². The molecular formula is C17H23N3O3S. The first-order valence-corrected chi connectivity index (χ1v) is 8.45. The zero-order valence-corrected chi connectivity index (χ0v) is 15.1. The Morgan fingerprint density at radius 1 is 1.25 bits per heavy atom. The number of para-hydroxylation sites is 1. The van der Waals surface area contributed by atoms with E-state index < -0.39 is 0 Å². The van der Waals surface area contributed by atoms with Gasteiger partial charge in [0.15, 0.2) is 11.5 Å². The molecule has 6 nitrogen and oxygen atoms in total. The maximum absolute atomic E-state index is 12.2. The average molecular weight is 349 g/mol. The number of methoxy groups -OCH3 is 2. The Balaban J connectivity index is 2.01. The van der Waals surface area contributed by atoms with Crippen LogP contribution in [0.2, 0.25) is 0 Å². The largest absolute Gasteiger partial charge is 0.493 e. The highest BCUT2D eigenvalue weighted by Crippen LogP contribution is 2.34. The van der Waals surface area contributed by atoms with Crippen molar-refractivity contribution in [2.75, 3.05) is 40.2 Å². The van der Waals surface area contributed by atoms with Crippen LogP contribution in [0, 0.1) is 0 Å². The maximum Gasteiger partial charge on any atom is 0.319 e. The Bertz CT molecular complexity index is 659. The highest BCUT2D eigenvalue weighted by Gasteiger charge is 2.17. The number of carbonyl (C=O) groups is 1. The van der Waals surface area contributed by atoms with Gasteiger partial charge in [-0.05, 0) is 48.6 Å². The minimum absolute atomic E-state index is 0.120. The number of ether oxygens (including phenoxy) is 2. The van der Waals surface area contributed by atoms with Gasteiger partial charge in [-0.25, -0.2) is 4.79 Å². The molecule has 0 bridgehead atoms. The average Bonchev–Trinajstić information content (AvgIpc) is 3.08. The molecule has 2 aromatic rings. The maximum atomic E-state index is 12.2. The summed E-state index contributed by atoms with van der Waals surface area (Å²) in [6, 6.07) is 7.24. The Hall–Kier alpha value is -2.25. The molecule has 0 unspecified atom stereocenters. The summed E-state index contributed by atoms with van der Waals surface area (Å²) in [6.07, 6.45) is 0. The predicted octanol–water partition coefficient (Wildman–Crippen LogP) is 3.19. The lowest BCUT2D eigenvalue weighted by molar-refractivity contribution is 0.243. The molecule has 24 heavy (non-hydrogen) atoms. The summed E-state index contributed by atoms with van der Waals surface area (Å²) >= 11 is 1.65. The van der Waals surface area contributed by atoms with Gasteiger partial charge in [0.2, 0.25) is 0 Å². The lowest BCUT2D eigenvalue weighted by Gasteiger charge is -2.24. The fraction of sp³-hybridized carbons (Fsp3) is 0.353. The van der Waals surface area contributed by atoms with Crippen molar-refractivity contribution in [1.82, 2.24) is 10.2 Å². The van der Waals surface area contributed by atoms with E-state index >= 15 is 0 Å². The number of rotatable bonds is 7. The molecule has 0 saturated heterocycles. The Morgan fingerprint density at radius 3 is 2.62 bits per heavy atom. The zero-order chi connectivity index (χ0) is 17.5. The van der Waals surface area contributed by atoms with Gasteiger partial charge in [-0.3, -0.25) is 0 Å². The molecule has 0 spiro atoms. The summed E-state index contributed by atoms with van der Waals surface area (Å²) in [6.45, 7) is 0.502. The van der Waals surface area contributed by atoms with E-state index in [1.807, 2.05) is 19.5 Å². The van der Waals surface area contributed by atoms with Gasteiger partial charge in [-0.15, -0.1) is 0 Å². The first-order valence-electron chi connectivity index (χ1n) is 7.51. The van der Waals surface area contributed by atoms with Crippen LogP contribution in [0.1, 0.15) is 11.6 Å². The topological polar surface area (TPSA) is 62.8 Å². The van der Waals surface area contributed by atoms with Gasteiger partial charge in [0.1, 0.15) is 0 Å². The monoisotopic (exact) mass is 349 g/mol. The van der Waals surface area contributed by atoms with Crippen molar-refractivity contribution in [3.05, 3.63) is 40.6 Å². The van der Waals surface area contributed by atoms with E-state index in [0.717, 1.165) is 0 Å². The van der Waals surface area contributed by atoms with Crippen LogP contribution < -0.4 is 20.1 Å². The second-order valence-electron chi connectivity index (χ2n) is 5.41. The number of anilines is 1. The summed E-state index contributed by atoms with van der Waals surface area (Å²) in [5.74, 6) is 1.07. The molecule has 0 aliphatic heterocycles. The second kappa shape index (κ2) is 8.56. The third-order valence-electron chi connectivity index (χ3n) is 3.66. The summed E-state index contributed by atoms with van der Waals surface area (Å²) < 4.78 is 10.6. The number of likely N-dealkylation sites (N-methyl/N-ethyl adjacent to an activating group) is 1. The van der Waals surface area contributed by atoms with Crippen LogP contribution in [-0.4, -0.2) is 45.8 Å². The van der Waals surface area contributed by atoms with E-state index in [0.29, 0.717) is 23.7 Å². The minimum atomic E-state index is -0.288. The SMILES string of the molecule is COc1cccc(NC(=O)NC[C@@H](c2ccsc2)N(C)C)c1OC. The van der Waals surface area contributed by atoms with Crippen molar-refractivity contribution < 1.29 is 14.3 Å². The first kappa shape index (κ1) is 18.1. The smallest absolute Gasteiger partial charge is 0.319 e. The van der Waals surface area contributed by atoms with E-state index in [2.05, 4.69) is 27.0 Å². The van der Waals surface area contributed by atoms with Crippen LogP contribution in [0.15, 0.2) is 35.0 Å². The molecule has 0 fully saturated rings. The van der Waals surface area contributed by atoms with Gasteiger partial charge in [0.25, 0.3) is 0 Å². The van der Waals surface area contributed by atoms with Crippen molar-refractivity contribution in [2.45, 2.75) is 6.04 Å². The number of nitrogens with one attached hydrogen (secondary N) is 2. The lowest BCUT2D eigenvalue weighted by atomic mass is 10.1. The lowest BCUT2D eigenvalue weighted by Crippen LogP contribution is -2.36. The van der Waals surface area contributed by atoms with Crippen molar-refractivity contribution in [3.8, 4) is 11.5 Å². The minimum Gasteiger partial charge on any atom is -0.493 e. The molecule has 0 aliphatic carbocycles. The molecule has 2 rings (SSSR count). The van der Waals surface area contributed by atoms with Gasteiger partial charge in [0, 0.05) is 6.54 Å². The van der Waals surface area contributed by atoms with Crippen molar-refractivity contribution in [3.63, 3.8) is 0 Å². The van der Waals surface area contributed by atoms with Gasteiger partial charge >= 0.3 is 6.03 Å². The number of amides is 2. The Morgan fingerprint density at radius 2 is 2.04 bits per heavy atom. The number of thiophene rings is 1. The van der Waals surface area contributed by atoms with Crippen LogP contribution in [0.25, 0.3) is 0 Å². The van der Waals surface area contributed by atoms with Crippen LogP contribution in [-0.2, 0) is 0 Å². The second-order valence-corrected chi connectivity index (χ2v) is 6.19. The fourth-order valence-electron chi connectivity index (χ4n) is 2.40. The van der Waals surface area contributed by atoms with E-state index in [1.165, 1.54) is 5.56 Å². The molecule has 0 saturated carbocycles. The third kappa shape index (κ3) is 4.39. The van der Waals surface area contributed by atoms with Crippen LogP contribution in [0.3, 0.4) is 0 Å². The van der Waals surface area contributed by atoms with Crippen molar-refractivity contribution in [1.29, 1.82) is 0 Å². The molecule has 0 aliphatic rings. The first-order chi connectivity index (χ1) is 11.6. The Labute approximate surface area is 146 Å². The van der Waals surface area contributed by atoms with E-state index in [9.17, 15) is 4.79 Å². The summed E-state index contributed by atoms with van der Waals surface area (Å²) in [5.41, 5.74) is 1.75. The normalized spacial score (nSPS) is 11.9. The fourth-order valence-corrected chi connectivity index (χ4v) is 3.11. The summed E-state index contributed by atoms with van der Waals surface area (Å²) in [5, 5.41) is 9.84. The molecule has 0 radical (unpaired) electrons. The molecule has 1 heterocycles. The molecule has 2 N–H and O–H groups in total. The van der Waals surface area contributed by atoms with Crippen LogP contribution in [0.5, 0.6) is 11.5 Å². The zero-order valence-electron chi connectivity index (χ0n) is 14.3. The third-order valence-corrected chi connectivity index (χ3v) is 4.36. The van der Waals surface area contributed by atoms with E-state index in [4.69, 9.17) is 9.47 Å². The van der Waals surface area contributed by atoms with Crippen molar-refractivity contribution >= 4 is 23.1 Å². The standard InChI is InChI=1S/C17H23N3O3S/c1-20(2)14(12-8-9-24-11-12)10-18-17(21)19-13-6-5-7-15(22-3)16(13)23-4/h5-9,11,14H,10H2,1-4H3,(H2,18,19,21)/t14-/m0/s1. The van der Waals surface area contributed by atoms with Gasteiger partial charge < -0.3 is 25.0 Å². The Kier molecular flexibility index (Phi) is 6.45. The number of hydrogen-bond acceptors (Lipinski definition) is 5. The molecule has 7 heteroatoms. The molecule has 1 atom stereocenters. The number of hydrogen-bond donors (Lipinski definition) is 2. The number of urea groups is 1. The van der Waals surface area contributed by atoms with E-state index in [1.54, 1.807) is 43.8 Å². The van der Waals surface area contributed by atoms with Gasteiger partial charge in [-0.2, -0.15) is 11.3 Å². The highest BCUT2D eigenvalue weighted by molar-refractivity contribution is 7.07. The molecule has 1 aromatic carbocycles. The highest BCUT2D eigenvalue weighted by atomic mass is 32.1. The number of nitrogens with zero attached hydrogens (tertiary/aromatic N) is 1.